The predicted octanol–water partition coefficient (Wildman–Crippen LogP) is 3.35. The van der Waals surface area contributed by atoms with Gasteiger partial charge in [0, 0.05) is 38.5 Å². The highest BCUT2D eigenvalue weighted by Gasteiger charge is 2.45. The summed E-state index contributed by atoms with van der Waals surface area (Å²) in [4.78, 5) is 16.2. The van der Waals surface area contributed by atoms with Crippen molar-refractivity contribution in [1.29, 1.82) is 0 Å². The molecule has 0 saturated heterocycles. The Kier molecular flexibility index (Phi) is 8.88. The normalized spacial score (nSPS) is 14.5. The molecular formula is C22H28FIN4O. The third kappa shape index (κ3) is 6.69. The van der Waals surface area contributed by atoms with E-state index in [1.54, 1.807) is 13.1 Å². The maximum Gasteiger partial charge on any atom is 0.222 e. The summed E-state index contributed by atoms with van der Waals surface area (Å²) in [6, 6.07) is 16.8. The van der Waals surface area contributed by atoms with Crippen LogP contribution in [0.1, 0.15) is 30.4 Å². The Morgan fingerprint density at radius 1 is 1.03 bits per heavy atom. The first kappa shape index (κ1) is 23.1. The number of carbonyl (C=O) groups is 1. The number of hydrogen-bond acceptors (Lipinski definition) is 2. The average Bonchev–Trinajstić information content (AvgIpc) is 3.51. The van der Waals surface area contributed by atoms with E-state index in [0.717, 1.165) is 24.0 Å². The Balaban J connectivity index is 0.00000300. The summed E-state index contributed by atoms with van der Waals surface area (Å²) in [5.41, 5.74) is 1.68. The molecule has 0 heterocycles. The lowest BCUT2D eigenvalue weighted by molar-refractivity contribution is -0.121. The smallest absolute Gasteiger partial charge is 0.222 e. The van der Waals surface area contributed by atoms with Crippen molar-refractivity contribution < 1.29 is 9.18 Å². The molecule has 1 fully saturated rings. The number of guanidine groups is 1. The predicted molar refractivity (Wildman–Crippen MR) is 125 cm³/mol. The Morgan fingerprint density at radius 2 is 1.72 bits per heavy atom. The van der Waals surface area contributed by atoms with E-state index in [2.05, 4.69) is 20.9 Å². The molecule has 0 aromatic heterocycles. The van der Waals surface area contributed by atoms with Crippen molar-refractivity contribution in [2.75, 3.05) is 20.1 Å². The molecule has 156 valence electrons. The monoisotopic (exact) mass is 510 g/mol. The van der Waals surface area contributed by atoms with Crippen LogP contribution in [0.2, 0.25) is 0 Å². The lowest BCUT2D eigenvalue weighted by Crippen LogP contribution is -2.42. The van der Waals surface area contributed by atoms with Crippen molar-refractivity contribution in [2.45, 2.75) is 31.2 Å². The number of nitrogens with zero attached hydrogens (tertiary/aromatic N) is 1. The van der Waals surface area contributed by atoms with Crippen molar-refractivity contribution in [3.8, 4) is 0 Å². The SMILES string of the molecule is CN=C(NCCC(=O)NCc1ccccc1)NCC1(c2ccccc2F)CC1.I. The fraction of sp³-hybridized carbons (Fsp3) is 0.364. The molecule has 0 spiro atoms. The molecule has 1 aliphatic rings. The van der Waals surface area contributed by atoms with Crippen LogP contribution < -0.4 is 16.0 Å². The van der Waals surface area contributed by atoms with Gasteiger partial charge in [-0.05, 0) is 30.0 Å². The topological polar surface area (TPSA) is 65.5 Å². The highest BCUT2D eigenvalue weighted by Crippen LogP contribution is 2.48. The third-order valence-electron chi connectivity index (χ3n) is 5.09. The molecule has 2 aromatic rings. The van der Waals surface area contributed by atoms with E-state index in [9.17, 15) is 9.18 Å². The van der Waals surface area contributed by atoms with Crippen LogP contribution in [0.15, 0.2) is 59.6 Å². The fourth-order valence-electron chi connectivity index (χ4n) is 3.24. The maximum atomic E-state index is 14.1. The summed E-state index contributed by atoms with van der Waals surface area (Å²) in [6.07, 6.45) is 2.27. The van der Waals surface area contributed by atoms with Crippen LogP contribution >= 0.6 is 24.0 Å². The number of rotatable bonds is 8. The second-order valence-electron chi connectivity index (χ2n) is 7.13. The van der Waals surface area contributed by atoms with E-state index in [-0.39, 0.29) is 41.1 Å². The molecule has 0 radical (unpaired) electrons. The van der Waals surface area contributed by atoms with Crippen LogP contribution in [0.3, 0.4) is 0 Å². The quantitative estimate of drug-likeness (QED) is 0.290. The second kappa shape index (κ2) is 11.1. The van der Waals surface area contributed by atoms with Crippen LogP contribution in [0.5, 0.6) is 0 Å². The number of hydrogen-bond donors (Lipinski definition) is 3. The lowest BCUT2D eigenvalue weighted by atomic mass is 9.95. The zero-order valence-corrected chi connectivity index (χ0v) is 18.9. The summed E-state index contributed by atoms with van der Waals surface area (Å²) in [7, 11) is 1.69. The van der Waals surface area contributed by atoms with Gasteiger partial charge in [0.1, 0.15) is 5.82 Å². The van der Waals surface area contributed by atoms with Crippen LogP contribution in [0.4, 0.5) is 4.39 Å². The molecule has 1 amide bonds. The molecule has 29 heavy (non-hydrogen) atoms. The minimum Gasteiger partial charge on any atom is -0.356 e. The second-order valence-corrected chi connectivity index (χ2v) is 7.13. The Morgan fingerprint density at radius 3 is 2.38 bits per heavy atom. The van der Waals surface area contributed by atoms with Crippen molar-refractivity contribution >= 4 is 35.8 Å². The molecule has 1 aliphatic carbocycles. The number of halogens is 2. The highest BCUT2D eigenvalue weighted by molar-refractivity contribution is 14.0. The van der Waals surface area contributed by atoms with Gasteiger partial charge in [0.2, 0.25) is 5.91 Å². The lowest BCUT2D eigenvalue weighted by Gasteiger charge is -2.19. The Labute approximate surface area is 188 Å². The van der Waals surface area contributed by atoms with E-state index in [1.807, 2.05) is 42.5 Å². The molecule has 0 bridgehead atoms. The van der Waals surface area contributed by atoms with Gasteiger partial charge in [-0.2, -0.15) is 0 Å². The van der Waals surface area contributed by atoms with E-state index in [0.29, 0.717) is 32.0 Å². The van der Waals surface area contributed by atoms with E-state index in [4.69, 9.17) is 0 Å². The first-order valence-electron chi connectivity index (χ1n) is 9.63. The minimum atomic E-state index is -0.157. The number of nitrogens with one attached hydrogen (secondary N) is 3. The molecule has 3 rings (SSSR count). The number of aliphatic imine (C=N–C) groups is 1. The summed E-state index contributed by atoms with van der Waals surface area (Å²) >= 11 is 0. The van der Waals surface area contributed by atoms with E-state index >= 15 is 0 Å². The molecule has 3 N–H and O–H groups in total. The highest BCUT2D eigenvalue weighted by atomic mass is 127. The van der Waals surface area contributed by atoms with Gasteiger partial charge in [0.05, 0.1) is 0 Å². The summed E-state index contributed by atoms with van der Waals surface area (Å²) in [6.45, 7) is 1.62. The van der Waals surface area contributed by atoms with E-state index in [1.165, 1.54) is 6.07 Å². The maximum absolute atomic E-state index is 14.1. The molecule has 0 unspecified atom stereocenters. The van der Waals surface area contributed by atoms with Crippen molar-refractivity contribution in [3.05, 3.63) is 71.5 Å². The third-order valence-corrected chi connectivity index (χ3v) is 5.09. The van der Waals surface area contributed by atoms with Crippen LogP contribution in [0.25, 0.3) is 0 Å². The van der Waals surface area contributed by atoms with Crippen LogP contribution in [0, 0.1) is 5.82 Å². The first-order valence-corrected chi connectivity index (χ1v) is 9.63. The zero-order chi connectivity index (χ0) is 19.8. The largest absolute Gasteiger partial charge is 0.356 e. The number of benzene rings is 2. The van der Waals surface area contributed by atoms with Crippen molar-refractivity contribution in [2.24, 2.45) is 4.99 Å². The molecule has 7 heteroatoms. The van der Waals surface area contributed by atoms with Gasteiger partial charge in [-0.25, -0.2) is 4.39 Å². The van der Waals surface area contributed by atoms with Gasteiger partial charge < -0.3 is 16.0 Å². The zero-order valence-electron chi connectivity index (χ0n) is 16.6. The summed E-state index contributed by atoms with van der Waals surface area (Å²) in [5, 5.41) is 9.32. The fourth-order valence-corrected chi connectivity index (χ4v) is 3.24. The average molecular weight is 510 g/mol. The van der Waals surface area contributed by atoms with Gasteiger partial charge in [-0.3, -0.25) is 9.79 Å². The van der Waals surface area contributed by atoms with Gasteiger partial charge in [0.15, 0.2) is 5.96 Å². The van der Waals surface area contributed by atoms with Crippen molar-refractivity contribution in [3.63, 3.8) is 0 Å². The molecule has 0 atom stereocenters. The first-order chi connectivity index (χ1) is 13.6. The molecule has 2 aromatic carbocycles. The van der Waals surface area contributed by atoms with Crippen LogP contribution in [-0.2, 0) is 16.8 Å². The summed E-state index contributed by atoms with van der Waals surface area (Å²) < 4.78 is 14.1. The van der Waals surface area contributed by atoms with Gasteiger partial charge >= 0.3 is 0 Å². The van der Waals surface area contributed by atoms with Gasteiger partial charge in [-0.15, -0.1) is 24.0 Å². The number of amides is 1. The molecule has 5 nitrogen and oxygen atoms in total. The summed E-state index contributed by atoms with van der Waals surface area (Å²) in [5.74, 6) is 0.454. The van der Waals surface area contributed by atoms with E-state index < -0.39 is 0 Å². The minimum absolute atomic E-state index is 0. The number of carbonyl (C=O) groups excluding carboxylic acids is 1. The van der Waals surface area contributed by atoms with Gasteiger partial charge in [-0.1, -0.05) is 48.5 Å². The molecular weight excluding hydrogens is 482 g/mol. The standard InChI is InChI=1S/C22H27FN4O.HI/c1-24-21(25-14-11-20(28)26-15-17-7-3-2-4-8-17)27-16-22(12-13-22)18-9-5-6-10-19(18)23;/h2-10H,11-16H2,1H3,(H,26,28)(H2,24,25,27);1H. The van der Waals surface area contributed by atoms with Crippen LogP contribution in [-0.4, -0.2) is 32.0 Å². The molecule has 1 saturated carbocycles. The molecule has 0 aliphatic heterocycles. The Bertz CT molecular complexity index is 825. The van der Waals surface area contributed by atoms with Crippen molar-refractivity contribution in [1.82, 2.24) is 16.0 Å². The van der Waals surface area contributed by atoms with Gasteiger partial charge in [0.25, 0.3) is 0 Å². The Hall–Kier alpha value is -2.16.